The highest BCUT2D eigenvalue weighted by atomic mass is 35.5. The Bertz CT molecular complexity index is 622. The Balaban J connectivity index is 2.22. The fraction of sp³-hybridized carbons (Fsp3) is 0.333. The molecule has 1 aliphatic heterocycles. The van der Waals surface area contributed by atoms with Crippen LogP contribution < -0.4 is 10.7 Å². The van der Waals surface area contributed by atoms with Crippen LogP contribution in [0.4, 0.5) is 5.69 Å². The van der Waals surface area contributed by atoms with Gasteiger partial charge in [0.15, 0.2) is 0 Å². The standard InChI is InChI=1S/C15H18ClN3O2/c1-4-15(3)13(20)12(14(21)17-15)9(2)18-19-11-7-5-10(16)6-8-11/h5-8,19-20H,4H2,1-3H3,(H,17,21). The second-order valence-corrected chi connectivity index (χ2v) is 5.62. The number of hydrazone groups is 1. The van der Waals surface area contributed by atoms with Crippen LogP contribution in [-0.4, -0.2) is 22.3 Å². The van der Waals surface area contributed by atoms with E-state index in [1.807, 2.05) is 6.92 Å². The fourth-order valence-electron chi connectivity index (χ4n) is 2.08. The van der Waals surface area contributed by atoms with Crippen molar-refractivity contribution in [3.05, 3.63) is 40.6 Å². The van der Waals surface area contributed by atoms with Gasteiger partial charge in [-0.05, 0) is 44.5 Å². The van der Waals surface area contributed by atoms with Crippen molar-refractivity contribution in [2.75, 3.05) is 5.43 Å². The van der Waals surface area contributed by atoms with Gasteiger partial charge in [0.2, 0.25) is 0 Å². The number of nitrogens with zero attached hydrogens (tertiary/aromatic N) is 1. The highest BCUT2D eigenvalue weighted by molar-refractivity contribution is 6.30. The largest absolute Gasteiger partial charge is 0.509 e. The minimum atomic E-state index is -0.719. The second kappa shape index (κ2) is 5.77. The lowest BCUT2D eigenvalue weighted by Crippen LogP contribution is -2.40. The number of benzene rings is 1. The zero-order valence-electron chi connectivity index (χ0n) is 12.2. The van der Waals surface area contributed by atoms with Crippen molar-refractivity contribution in [3.8, 4) is 0 Å². The van der Waals surface area contributed by atoms with Crippen molar-refractivity contribution in [1.82, 2.24) is 5.32 Å². The van der Waals surface area contributed by atoms with Gasteiger partial charge in [-0.2, -0.15) is 5.10 Å². The highest BCUT2D eigenvalue weighted by Gasteiger charge is 2.41. The molecule has 0 radical (unpaired) electrons. The number of amides is 1. The van der Waals surface area contributed by atoms with Crippen LogP contribution in [0, 0.1) is 0 Å². The number of aliphatic hydroxyl groups excluding tert-OH is 1. The first kappa shape index (κ1) is 15.4. The summed E-state index contributed by atoms with van der Waals surface area (Å²) in [5, 5.41) is 17.8. The molecule has 0 spiro atoms. The Morgan fingerprint density at radius 1 is 1.43 bits per heavy atom. The van der Waals surface area contributed by atoms with Crippen LogP contribution in [0.5, 0.6) is 0 Å². The molecule has 0 aliphatic carbocycles. The van der Waals surface area contributed by atoms with Gasteiger partial charge in [0.25, 0.3) is 5.91 Å². The Kier molecular flexibility index (Phi) is 4.23. The van der Waals surface area contributed by atoms with Crippen LogP contribution in [0.25, 0.3) is 0 Å². The lowest BCUT2D eigenvalue weighted by Gasteiger charge is -2.22. The first-order valence-corrected chi connectivity index (χ1v) is 7.07. The van der Waals surface area contributed by atoms with Crippen LogP contribution >= 0.6 is 11.6 Å². The van der Waals surface area contributed by atoms with Crippen LogP contribution in [0.1, 0.15) is 27.2 Å². The van der Waals surface area contributed by atoms with E-state index in [1.54, 1.807) is 38.1 Å². The first-order chi connectivity index (χ1) is 9.87. The summed E-state index contributed by atoms with van der Waals surface area (Å²) in [6.07, 6.45) is 0.603. The number of carbonyl (C=O) groups is 1. The number of rotatable bonds is 4. The minimum Gasteiger partial charge on any atom is -0.509 e. The quantitative estimate of drug-likeness (QED) is 0.590. The van der Waals surface area contributed by atoms with E-state index in [2.05, 4.69) is 15.8 Å². The molecule has 0 bridgehead atoms. The maximum Gasteiger partial charge on any atom is 0.257 e. The van der Waals surface area contributed by atoms with Gasteiger partial charge in [-0.15, -0.1) is 0 Å². The van der Waals surface area contributed by atoms with Crippen molar-refractivity contribution >= 4 is 28.9 Å². The van der Waals surface area contributed by atoms with Crippen LogP contribution in [0.2, 0.25) is 5.02 Å². The number of hydrogen-bond donors (Lipinski definition) is 3. The topological polar surface area (TPSA) is 73.7 Å². The lowest BCUT2D eigenvalue weighted by atomic mass is 9.96. The monoisotopic (exact) mass is 307 g/mol. The molecule has 0 fully saturated rings. The summed E-state index contributed by atoms with van der Waals surface area (Å²) in [6.45, 7) is 5.36. The van der Waals surface area contributed by atoms with E-state index in [4.69, 9.17) is 11.6 Å². The average molecular weight is 308 g/mol. The number of aliphatic hydroxyl groups is 1. The third kappa shape index (κ3) is 3.03. The Morgan fingerprint density at radius 3 is 2.57 bits per heavy atom. The number of hydrogen-bond acceptors (Lipinski definition) is 4. The van der Waals surface area contributed by atoms with Gasteiger partial charge in [-0.25, -0.2) is 0 Å². The predicted molar refractivity (Wildman–Crippen MR) is 84.7 cm³/mol. The maximum atomic E-state index is 12.0. The SMILES string of the molecule is CCC1(C)NC(=O)C(C(C)=NNc2ccc(Cl)cc2)=C1O. The second-order valence-electron chi connectivity index (χ2n) is 5.18. The number of nitrogens with one attached hydrogen (secondary N) is 2. The summed E-state index contributed by atoms with van der Waals surface area (Å²) in [5.41, 5.74) is 3.52. The Hall–Kier alpha value is -2.01. The minimum absolute atomic E-state index is 0.0363. The van der Waals surface area contributed by atoms with E-state index in [9.17, 15) is 9.90 Å². The molecule has 5 nitrogen and oxygen atoms in total. The lowest BCUT2D eigenvalue weighted by molar-refractivity contribution is -0.117. The third-order valence-electron chi connectivity index (χ3n) is 3.64. The molecule has 2 rings (SSSR count). The molecule has 0 saturated heterocycles. The molecule has 1 aromatic carbocycles. The number of anilines is 1. The van der Waals surface area contributed by atoms with Gasteiger partial charge >= 0.3 is 0 Å². The molecule has 21 heavy (non-hydrogen) atoms. The Morgan fingerprint density at radius 2 is 2.05 bits per heavy atom. The fourth-order valence-corrected chi connectivity index (χ4v) is 2.20. The van der Waals surface area contributed by atoms with Gasteiger partial charge < -0.3 is 10.4 Å². The zero-order chi connectivity index (χ0) is 15.6. The molecular weight excluding hydrogens is 290 g/mol. The van der Waals surface area contributed by atoms with Gasteiger partial charge in [0.05, 0.1) is 16.9 Å². The Labute approximate surface area is 128 Å². The molecule has 1 aliphatic rings. The van der Waals surface area contributed by atoms with Gasteiger partial charge in [0.1, 0.15) is 11.3 Å². The van der Waals surface area contributed by atoms with Crippen molar-refractivity contribution in [2.24, 2.45) is 5.10 Å². The molecule has 112 valence electrons. The summed E-state index contributed by atoms with van der Waals surface area (Å²) < 4.78 is 0. The smallest absolute Gasteiger partial charge is 0.257 e. The van der Waals surface area contributed by atoms with Crippen LogP contribution in [-0.2, 0) is 4.79 Å². The van der Waals surface area contributed by atoms with Gasteiger partial charge in [-0.1, -0.05) is 18.5 Å². The van der Waals surface area contributed by atoms with E-state index >= 15 is 0 Å². The summed E-state index contributed by atoms with van der Waals surface area (Å²) >= 11 is 5.81. The molecule has 0 aromatic heterocycles. The van der Waals surface area contributed by atoms with E-state index in [-0.39, 0.29) is 17.2 Å². The molecule has 6 heteroatoms. The number of carbonyl (C=O) groups excluding carboxylic acids is 1. The zero-order valence-corrected chi connectivity index (χ0v) is 13.0. The van der Waals surface area contributed by atoms with Gasteiger partial charge in [0, 0.05) is 5.02 Å². The molecule has 1 atom stereocenters. The molecule has 3 N–H and O–H groups in total. The van der Waals surface area contributed by atoms with Gasteiger partial charge in [-0.3, -0.25) is 10.2 Å². The van der Waals surface area contributed by atoms with E-state index in [0.29, 0.717) is 17.2 Å². The van der Waals surface area contributed by atoms with Crippen molar-refractivity contribution in [1.29, 1.82) is 0 Å². The summed E-state index contributed by atoms with van der Waals surface area (Å²) in [4.78, 5) is 12.0. The van der Waals surface area contributed by atoms with E-state index in [1.165, 1.54) is 0 Å². The summed E-state index contributed by atoms with van der Waals surface area (Å²) in [6, 6.07) is 7.03. The van der Waals surface area contributed by atoms with Crippen molar-refractivity contribution in [2.45, 2.75) is 32.7 Å². The highest BCUT2D eigenvalue weighted by Crippen LogP contribution is 2.28. The number of halogens is 1. The third-order valence-corrected chi connectivity index (χ3v) is 3.89. The summed E-state index contributed by atoms with van der Waals surface area (Å²) in [7, 11) is 0. The molecular formula is C15H18ClN3O2. The first-order valence-electron chi connectivity index (χ1n) is 6.70. The van der Waals surface area contributed by atoms with Crippen LogP contribution in [0.15, 0.2) is 40.7 Å². The van der Waals surface area contributed by atoms with E-state index < -0.39 is 5.54 Å². The average Bonchev–Trinajstić information content (AvgIpc) is 2.69. The molecule has 1 amide bonds. The van der Waals surface area contributed by atoms with E-state index in [0.717, 1.165) is 5.69 Å². The maximum absolute atomic E-state index is 12.0. The van der Waals surface area contributed by atoms with Crippen molar-refractivity contribution < 1.29 is 9.90 Å². The molecule has 1 aromatic rings. The molecule has 0 saturated carbocycles. The molecule has 1 unspecified atom stereocenters. The van der Waals surface area contributed by atoms with Crippen molar-refractivity contribution in [3.63, 3.8) is 0 Å². The normalized spacial score (nSPS) is 22.5. The van der Waals surface area contributed by atoms with Crippen LogP contribution in [0.3, 0.4) is 0 Å². The predicted octanol–water partition coefficient (Wildman–Crippen LogP) is 3.24. The summed E-state index contributed by atoms with van der Waals surface area (Å²) in [5.74, 6) is -0.273. The molecule has 1 heterocycles.